The second-order valence-electron chi connectivity index (χ2n) is 4.55. The van der Waals surface area contributed by atoms with Crippen LogP contribution < -0.4 is 5.32 Å². The van der Waals surface area contributed by atoms with Crippen LogP contribution in [0.2, 0.25) is 0 Å². The van der Waals surface area contributed by atoms with Gasteiger partial charge in [0.15, 0.2) is 0 Å². The molecule has 0 atom stereocenters. The van der Waals surface area contributed by atoms with Gasteiger partial charge in [-0.1, -0.05) is 18.2 Å². The number of hydrogen-bond donors (Lipinski definition) is 1. The summed E-state index contributed by atoms with van der Waals surface area (Å²) in [4.78, 5) is 1.28. The molecule has 2 heterocycles. The average Bonchev–Trinajstić information content (AvgIpc) is 3.09. The van der Waals surface area contributed by atoms with Crippen molar-refractivity contribution in [2.75, 3.05) is 5.32 Å². The van der Waals surface area contributed by atoms with E-state index >= 15 is 0 Å². The van der Waals surface area contributed by atoms with E-state index in [-0.39, 0.29) is 0 Å². The fraction of sp³-hybridized carbons (Fsp3) is 0.133. The highest BCUT2D eigenvalue weighted by atomic mass is 79.9. The predicted octanol–water partition coefficient (Wildman–Crippen LogP) is 5.13. The predicted molar refractivity (Wildman–Crippen MR) is 94.8 cm³/mol. The third-order valence-electron chi connectivity index (χ3n) is 3.06. The van der Waals surface area contributed by atoms with Crippen LogP contribution in [0.4, 0.5) is 5.69 Å². The van der Waals surface area contributed by atoms with Gasteiger partial charge < -0.3 is 5.32 Å². The molecule has 3 aromatic rings. The smallest absolute Gasteiger partial charge is 0.0843 e. The van der Waals surface area contributed by atoms with Gasteiger partial charge in [-0.3, -0.25) is 4.68 Å². The number of hydrogen-bond acceptors (Lipinski definition) is 3. The van der Waals surface area contributed by atoms with Gasteiger partial charge in [0, 0.05) is 34.0 Å². The Morgan fingerprint density at radius 3 is 2.76 bits per heavy atom. The number of para-hydroxylation sites is 1. The summed E-state index contributed by atoms with van der Waals surface area (Å²) in [7, 11) is 0. The Bertz CT molecular complexity index is 703. The van der Waals surface area contributed by atoms with Crippen LogP contribution in [0.25, 0.3) is 0 Å². The summed E-state index contributed by atoms with van der Waals surface area (Å²) in [6.45, 7) is 1.58. The molecule has 0 bridgehead atoms. The minimum Gasteiger partial charge on any atom is -0.380 e. The molecule has 2 aromatic heterocycles. The lowest BCUT2D eigenvalue weighted by molar-refractivity contribution is 0.687. The van der Waals surface area contributed by atoms with Crippen molar-refractivity contribution in [3.63, 3.8) is 0 Å². The van der Waals surface area contributed by atoms with E-state index in [1.54, 1.807) is 17.5 Å². The zero-order chi connectivity index (χ0) is 14.7. The third kappa shape index (κ3) is 3.75. The summed E-state index contributed by atoms with van der Waals surface area (Å²) in [5.74, 6) is 0. The first-order valence-corrected chi connectivity index (χ1v) is 8.85. The zero-order valence-corrected chi connectivity index (χ0v) is 15.1. The summed E-state index contributed by atoms with van der Waals surface area (Å²) < 4.78 is 4.16. The highest BCUT2D eigenvalue weighted by Crippen LogP contribution is 2.32. The summed E-state index contributed by atoms with van der Waals surface area (Å²) in [5.41, 5.74) is 2.38. The molecule has 0 saturated heterocycles. The molecule has 6 heteroatoms. The number of aromatic nitrogens is 2. The van der Waals surface area contributed by atoms with Gasteiger partial charge in [0.05, 0.1) is 10.3 Å². The van der Waals surface area contributed by atoms with Crippen LogP contribution in [-0.4, -0.2) is 9.78 Å². The molecule has 0 aliphatic heterocycles. The van der Waals surface area contributed by atoms with Crippen molar-refractivity contribution in [3.05, 3.63) is 67.5 Å². The number of nitrogens with one attached hydrogen (secondary N) is 1. The van der Waals surface area contributed by atoms with Crippen LogP contribution in [0, 0.1) is 0 Å². The van der Waals surface area contributed by atoms with E-state index in [1.807, 2.05) is 16.9 Å². The molecule has 1 N–H and O–H groups in total. The fourth-order valence-corrected chi connectivity index (χ4v) is 4.18. The molecule has 0 fully saturated rings. The highest BCUT2D eigenvalue weighted by Gasteiger charge is 2.06. The summed E-state index contributed by atoms with van der Waals surface area (Å²) in [5, 5.41) is 7.77. The molecular formula is C15H13Br2N3S. The van der Waals surface area contributed by atoms with Crippen LogP contribution in [0.15, 0.2) is 57.1 Å². The van der Waals surface area contributed by atoms with E-state index in [1.165, 1.54) is 10.4 Å². The number of rotatable bonds is 5. The van der Waals surface area contributed by atoms with Crippen LogP contribution >= 0.6 is 43.2 Å². The molecule has 0 aliphatic carbocycles. The molecule has 0 spiro atoms. The Morgan fingerprint density at radius 1 is 1.19 bits per heavy atom. The van der Waals surface area contributed by atoms with Gasteiger partial charge >= 0.3 is 0 Å². The van der Waals surface area contributed by atoms with Crippen LogP contribution in [-0.2, 0) is 13.1 Å². The SMILES string of the molecule is Brc1cc(CNc2ccccc2Cn2cccn2)sc1Br. The molecule has 0 saturated carbocycles. The summed E-state index contributed by atoms with van der Waals surface area (Å²) >= 11 is 8.78. The highest BCUT2D eigenvalue weighted by molar-refractivity contribution is 9.13. The van der Waals surface area contributed by atoms with Crippen molar-refractivity contribution in [2.24, 2.45) is 0 Å². The maximum atomic E-state index is 4.26. The second kappa shape index (κ2) is 6.77. The van der Waals surface area contributed by atoms with Gasteiger partial charge in [-0.2, -0.15) is 5.10 Å². The van der Waals surface area contributed by atoms with E-state index in [0.717, 1.165) is 27.0 Å². The number of halogens is 2. The molecule has 0 unspecified atom stereocenters. The standard InChI is InChI=1S/C15H13Br2N3S/c16-13-8-12(21-15(13)17)9-18-14-5-2-1-4-11(14)10-20-7-3-6-19-20/h1-8,18H,9-10H2. The van der Waals surface area contributed by atoms with Gasteiger partial charge in [-0.15, -0.1) is 11.3 Å². The number of nitrogens with zero attached hydrogens (tertiary/aromatic N) is 2. The number of anilines is 1. The maximum Gasteiger partial charge on any atom is 0.0843 e. The first-order chi connectivity index (χ1) is 10.2. The molecule has 108 valence electrons. The zero-order valence-electron chi connectivity index (χ0n) is 11.1. The molecule has 3 nitrogen and oxygen atoms in total. The van der Waals surface area contributed by atoms with Gasteiger partial charge in [-0.25, -0.2) is 0 Å². The lowest BCUT2D eigenvalue weighted by Crippen LogP contribution is -2.05. The Kier molecular flexibility index (Phi) is 4.77. The number of thiophene rings is 1. The van der Waals surface area contributed by atoms with Crippen molar-refractivity contribution in [1.82, 2.24) is 9.78 Å². The fourth-order valence-electron chi connectivity index (χ4n) is 2.06. The van der Waals surface area contributed by atoms with Gasteiger partial charge in [0.1, 0.15) is 0 Å². The topological polar surface area (TPSA) is 29.9 Å². The van der Waals surface area contributed by atoms with Gasteiger partial charge in [-0.05, 0) is 55.6 Å². The molecule has 0 radical (unpaired) electrons. The van der Waals surface area contributed by atoms with Gasteiger partial charge in [0.25, 0.3) is 0 Å². The Labute approximate surface area is 144 Å². The first-order valence-electron chi connectivity index (χ1n) is 6.45. The lowest BCUT2D eigenvalue weighted by atomic mass is 10.1. The molecule has 21 heavy (non-hydrogen) atoms. The van der Waals surface area contributed by atoms with Crippen molar-refractivity contribution < 1.29 is 0 Å². The Morgan fingerprint density at radius 2 is 2.05 bits per heavy atom. The second-order valence-corrected chi connectivity index (χ2v) is 7.86. The third-order valence-corrected chi connectivity index (χ3v) is 6.31. The van der Waals surface area contributed by atoms with E-state index in [0.29, 0.717) is 0 Å². The van der Waals surface area contributed by atoms with Crippen LogP contribution in [0.5, 0.6) is 0 Å². The Balaban J connectivity index is 1.73. The first kappa shape index (κ1) is 14.8. The minimum atomic E-state index is 0.772. The van der Waals surface area contributed by atoms with E-state index in [9.17, 15) is 0 Å². The van der Waals surface area contributed by atoms with E-state index in [4.69, 9.17) is 0 Å². The quantitative estimate of drug-likeness (QED) is 0.612. The summed E-state index contributed by atoms with van der Waals surface area (Å²) in [6.07, 6.45) is 3.78. The van der Waals surface area contributed by atoms with E-state index < -0.39 is 0 Å². The maximum absolute atomic E-state index is 4.26. The van der Waals surface area contributed by atoms with Crippen molar-refractivity contribution in [3.8, 4) is 0 Å². The average molecular weight is 427 g/mol. The largest absolute Gasteiger partial charge is 0.380 e. The monoisotopic (exact) mass is 425 g/mol. The molecule has 0 amide bonds. The van der Waals surface area contributed by atoms with E-state index in [2.05, 4.69) is 72.6 Å². The van der Waals surface area contributed by atoms with Crippen molar-refractivity contribution >= 4 is 48.9 Å². The van der Waals surface area contributed by atoms with Crippen molar-refractivity contribution in [1.29, 1.82) is 0 Å². The van der Waals surface area contributed by atoms with Gasteiger partial charge in [0.2, 0.25) is 0 Å². The minimum absolute atomic E-state index is 0.772. The Hall–Kier alpha value is -1.11. The summed E-state index contributed by atoms with van der Waals surface area (Å²) in [6, 6.07) is 12.4. The lowest BCUT2D eigenvalue weighted by Gasteiger charge is -2.11. The molecular weight excluding hydrogens is 414 g/mol. The normalized spacial score (nSPS) is 10.8. The van der Waals surface area contributed by atoms with Crippen LogP contribution in [0.1, 0.15) is 10.4 Å². The molecule has 3 rings (SSSR count). The molecule has 0 aliphatic rings. The van der Waals surface area contributed by atoms with Crippen LogP contribution in [0.3, 0.4) is 0 Å². The molecule has 1 aromatic carbocycles. The van der Waals surface area contributed by atoms with Crippen molar-refractivity contribution in [2.45, 2.75) is 13.1 Å². The number of benzene rings is 1.